The number of likely N-dealkylation sites (N-methyl/N-ethyl adjacent to an activating group) is 1. The number of likely N-dealkylation sites (tertiary alicyclic amines) is 1. The lowest BCUT2D eigenvalue weighted by atomic mass is 9.89. The lowest BCUT2D eigenvalue weighted by Gasteiger charge is -2.31. The molecule has 0 radical (unpaired) electrons. The number of benzene rings is 1. The van der Waals surface area contributed by atoms with E-state index in [0.717, 1.165) is 32.5 Å². The molecule has 2 heterocycles. The van der Waals surface area contributed by atoms with Crippen LogP contribution in [0.15, 0.2) is 18.2 Å². The molecule has 1 aromatic carbocycles. The zero-order chi connectivity index (χ0) is 29.6. The maximum atomic E-state index is 15.3. The Balaban J connectivity index is 1.43. The van der Waals surface area contributed by atoms with Crippen LogP contribution < -0.4 is 20.7 Å². The molecular weight excluding hydrogens is 541 g/mol. The van der Waals surface area contributed by atoms with E-state index < -0.39 is 5.82 Å². The van der Waals surface area contributed by atoms with E-state index in [4.69, 9.17) is 29.7 Å². The molecule has 2 aliphatic rings. The van der Waals surface area contributed by atoms with E-state index >= 15 is 4.39 Å². The Morgan fingerprint density at radius 2 is 1.74 bits per heavy atom. The summed E-state index contributed by atoms with van der Waals surface area (Å²) in [5.41, 5.74) is 6.80. The minimum atomic E-state index is -0.461. The maximum Gasteiger partial charge on any atom is 0.236 e. The fourth-order valence-corrected chi connectivity index (χ4v) is 5.69. The van der Waals surface area contributed by atoms with E-state index in [1.54, 1.807) is 13.2 Å². The molecule has 3 N–H and O–H groups in total. The van der Waals surface area contributed by atoms with E-state index in [1.165, 1.54) is 38.2 Å². The van der Waals surface area contributed by atoms with Gasteiger partial charge >= 0.3 is 0 Å². The molecule has 4 rings (SSSR count). The van der Waals surface area contributed by atoms with Crippen molar-refractivity contribution >= 4 is 23.5 Å². The third-order valence-corrected chi connectivity index (χ3v) is 7.97. The molecule has 0 bridgehead atoms. The monoisotopic (exact) mass is 589 g/mol. The quantitative estimate of drug-likeness (QED) is 0.243. The lowest BCUT2D eigenvalue weighted by molar-refractivity contribution is 0.0177. The molecule has 1 unspecified atom stereocenters. The van der Waals surface area contributed by atoms with Crippen molar-refractivity contribution in [3.63, 3.8) is 0 Å². The molecule has 11 nitrogen and oxygen atoms in total. The van der Waals surface area contributed by atoms with E-state index in [-0.39, 0.29) is 18.3 Å². The van der Waals surface area contributed by atoms with Crippen molar-refractivity contribution in [2.45, 2.75) is 57.9 Å². The first-order chi connectivity index (χ1) is 20.6. The van der Waals surface area contributed by atoms with Gasteiger partial charge in [0.05, 0.1) is 33.0 Å². The van der Waals surface area contributed by atoms with Crippen molar-refractivity contribution in [2.24, 2.45) is 5.92 Å². The largest absolute Gasteiger partial charge is 0.488 e. The number of nitrogens with one attached hydrogen (secondary N) is 1. The summed E-state index contributed by atoms with van der Waals surface area (Å²) < 4.78 is 36.8. The standard InChI is InChI=1S/C30H48FN7O4/c1-3-37-13-7-10-25(37)22-38(30-35-28(32)34-29(36-30)33-21-23-8-5-4-6-9-23)24-11-12-27(26(31)20-24)42-19-18-41-17-16-40-15-14-39-2/h11-12,20,23,25H,3-10,13-19,21-22H2,1-2H3,(H3,32,33,34,35,36). The highest BCUT2D eigenvalue weighted by molar-refractivity contribution is 5.60. The van der Waals surface area contributed by atoms with Gasteiger partial charge in [-0.3, -0.25) is 4.90 Å². The molecule has 1 saturated heterocycles. The average molecular weight is 590 g/mol. The van der Waals surface area contributed by atoms with E-state index in [9.17, 15) is 0 Å². The van der Waals surface area contributed by atoms with Crippen LogP contribution in [0.2, 0.25) is 0 Å². The van der Waals surface area contributed by atoms with Gasteiger partial charge in [-0.25, -0.2) is 4.39 Å². The Kier molecular flexibility index (Phi) is 13.3. The smallest absolute Gasteiger partial charge is 0.236 e. The molecule has 12 heteroatoms. The molecule has 1 aromatic heterocycles. The van der Waals surface area contributed by atoms with Crippen LogP contribution in [0.1, 0.15) is 51.9 Å². The first-order valence-corrected chi connectivity index (χ1v) is 15.4. The van der Waals surface area contributed by atoms with Crippen LogP contribution in [0.4, 0.5) is 27.9 Å². The molecule has 1 saturated carbocycles. The number of hydrogen-bond acceptors (Lipinski definition) is 11. The molecule has 0 spiro atoms. The molecular formula is C30H48FN7O4. The summed E-state index contributed by atoms with van der Waals surface area (Å²) in [6.07, 6.45) is 8.45. The van der Waals surface area contributed by atoms with E-state index in [1.807, 2.05) is 11.0 Å². The molecule has 42 heavy (non-hydrogen) atoms. The van der Waals surface area contributed by atoms with Crippen molar-refractivity contribution in [2.75, 3.05) is 88.9 Å². The van der Waals surface area contributed by atoms with Crippen LogP contribution in [0.3, 0.4) is 0 Å². The molecule has 2 fully saturated rings. The normalized spacial score (nSPS) is 17.9. The van der Waals surface area contributed by atoms with Crippen molar-refractivity contribution in [1.29, 1.82) is 0 Å². The van der Waals surface area contributed by atoms with Gasteiger partial charge in [0.25, 0.3) is 0 Å². The highest BCUT2D eigenvalue weighted by Gasteiger charge is 2.28. The zero-order valence-electron chi connectivity index (χ0n) is 25.2. The first-order valence-electron chi connectivity index (χ1n) is 15.4. The van der Waals surface area contributed by atoms with Gasteiger partial charge in [0.2, 0.25) is 17.8 Å². The summed E-state index contributed by atoms with van der Waals surface area (Å²) in [6.45, 7) is 8.12. The summed E-state index contributed by atoms with van der Waals surface area (Å²) in [7, 11) is 1.63. The van der Waals surface area contributed by atoms with Crippen LogP contribution in [0.5, 0.6) is 5.75 Å². The molecule has 234 valence electrons. The van der Waals surface area contributed by atoms with Crippen molar-refractivity contribution in [3.8, 4) is 5.75 Å². The van der Waals surface area contributed by atoms with Gasteiger partial charge in [0, 0.05) is 38.0 Å². The molecule has 1 atom stereocenters. The summed E-state index contributed by atoms with van der Waals surface area (Å²) in [5.74, 6) is 1.31. The number of nitrogens with zero attached hydrogens (tertiary/aromatic N) is 5. The zero-order valence-corrected chi connectivity index (χ0v) is 25.2. The first kappa shape index (κ1) is 32.1. The number of aromatic nitrogens is 3. The highest BCUT2D eigenvalue weighted by atomic mass is 19.1. The van der Waals surface area contributed by atoms with Crippen LogP contribution in [-0.2, 0) is 14.2 Å². The van der Waals surface area contributed by atoms with E-state index in [2.05, 4.69) is 27.1 Å². The average Bonchev–Trinajstić information content (AvgIpc) is 3.46. The Hall–Kier alpha value is -2.80. The molecule has 1 aliphatic heterocycles. The minimum Gasteiger partial charge on any atom is -0.488 e. The Bertz CT molecular complexity index is 1080. The van der Waals surface area contributed by atoms with E-state index in [0.29, 0.717) is 69.1 Å². The van der Waals surface area contributed by atoms with Crippen molar-refractivity contribution < 1.29 is 23.3 Å². The number of halogens is 1. The van der Waals surface area contributed by atoms with Crippen LogP contribution in [-0.4, -0.2) is 98.8 Å². The van der Waals surface area contributed by atoms with Gasteiger partial charge in [-0.1, -0.05) is 26.2 Å². The van der Waals surface area contributed by atoms with Crippen molar-refractivity contribution in [3.05, 3.63) is 24.0 Å². The topological polar surface area (TPSA) is 120 Å². The molecule has 2 aromatic rings. The Morgan fingerprint density at radius 1 is 0.976 bits per heavy atom. The predicted molar refractivity (Wildman–Crippen MR) is 162 cm³/mol. The van der Waals surface area contributed by atoms with Gasteiger partial charge in [-0.15, -0.1) is 0 Å². The van der Waals surface area contributed by atoms with Gasteiger partial charge < -0.3 is 34.9 Å². The maximum absolute atomic E-state index is 15.3. The van der Waals surface area contributed by atoms with Crippen LogP contribution in [0.25, 0.3) is 0 Å². The number of ether oxygens (including phenoxy) is 4. The summed E-state index contributed by atoms with van der Waals surface area (Å²) in [4.78, 5) is 18.0. The highest BCUT2D eigenvalue weighted by Crippen LogP contribution is 2.31. The Labute approximate surface area is 249 Å². The second-order valence-electron chi connectivity index (χ2n) is 10.9. The number of hydrogen-bond donors (Lipinski definition) is 2. The summed E-state index contributed by atoms with van der Waals surface area (Å²) in [6, 6.07) is 5.25. The van der Waals surface area contributed by atoms with Gasteiger partial charge in [-0.2, -0.15) is 15.0 Å². The SMILES string of the molecule is CCN1CCCC1CN(c1ccc(OCCOCCOCCOC)c(F)c1)c1nc(N)nc(NCC2CCCCC2)n1. The van der Waals surface area contributed by atoms with Gasteiger partial charge in [0.15, 0.2) is 11.6 Å². The van der Waals surface area contributed by atoms with Crippen LogP contribution >= 0.6 is 0 Å². The number of methoxy groups -OCH3 is 1. The Morgan fingerprint density at radius 3 is 2.48 bits per heavy atom. The number of nitrogen functional groups attached to an aromatic ring is 1. The predicted octanol–water partition coefficient (Wildman–Crippen LogP) is 4.27. The third kappa shape index (κ3) is 9.89. The fourth-order valence-electron chi connectivity index (χ4n) is 5.69. The molecule has 1 aliphatic carbocycles. The minimum absolute atomic E-state index is 0.138. The van der Waals surface area contributed by atoms with Gasteiger partial charge in [0.1, 0.15) is 6.61 Å². The number of rotatable bonds is 18. The fraction of sp³-hybridized carbons (Fsp3) is 0.700. The number of anilines is 4. The second kappa shape index (κ2) is 17.3. The van der Waals surface area contributed by atoms with Crippen LogP contribution in [0, 0.1) is 11.7 Å². The second-order valence-corrected chi connectivity index (χ2v) is 10.9. The molecule has 0 amide bonds. The number of nitrogens with two attached hydrogens (primary N) is 1. The van der Waals surface area contributed by atoms with Gasteiger partial charge in [-0.05, 0) is 56.8 Å². The lowest BCUT2D eigenvalue weighted by Crippen LogP contribution is -2.39. The third-order valence-electron chi connectivity index (χ3n) is 7.97. The summed E-state index contributed by atoms with van der Waals surface area (Å²) in [5, 5.41) is 3.39. The summed E-state index contributed by atoms with van der Waals surface area (Å²) >= 11 is 0. The van der Waals surface area contributed by atoms with Crippen molar-refractivity contribution in [1.82, 2.24) is 19.9 Å².